The number of aromatic nitrogens is 4. The molecule has 0 aliphatic heterocycles. The molecule has 0 aliphatic rings. The van der Waals surface area contributed by atoms with E-state index >= 15 is 0 Å². The van der Waals surface area contributed by atoms with Crippen LogP contribution in [0.3, 0.4) is 0 Å². The molecule has 2 heterocycles. The number of halogens is 1. The lowest BCUT2D eigenvalue weighted by Gasteiger charge is -2.13. The van der Waals surface area contributed by atoms with Gasteiger partial charge >= 0.3 is 0 Å². The summed E-state index contributed by atoms with van der Waals surface area (Å²) in [4.78, 5) is 4.06. The zero-order valence-corrected chi connectivity index (χ0v) is 17.9. The maximum absolute atomic E-state index is 11.2. The van der Waals surface area contributed by atoms with Gasteiger partial charge in [-0.1, -0.05) is 29.4 Å². The predicted octanol–water partition coefficient (Wildman–Crippen LogP) is 3.32. The van der Waals surface area contributed by atoms with Crippen LogP contribution in [0.25, 0.3) is 17.1 Å². The smallest absolute Gasteiger partial charge is 0.208 e. The number of nitrogens with zero attached hydrogens (tertiary/aromatic N) is 4. The molecule has 1 N–H and O–H groups in total. The van der Waals surface area contributed by atoms with Crippen molar-refractivity contribution in [2.45, 2.75) is 18.5 Å². The van der Waals surface area contributed by atoms with Crippen LogP contribution in [0.2, 0.25) is 5.02 Å². The molecule has 0 bridgehead atoms. The number of rotatable bonds is 8. The third-order valence-electron chi connectivity index (χ3n) is 3.97. The normalized spacial score (nSPS) is 11.7. The van der Waals surface area contributed by atoms with Gasteiger partial charge in [-0.15, -0.1) is 10.2 Å². The maximum atomic E-state index is 11.2. The van der Waals surface area contributed by atoms with E-state index in [1.807, 2.05) is 41.8 Å². The Morgan fingerprint density at radius 3 is 2.64 bits per heavy atom. The lowest BCUT2D eigenvalue weighted by molar-refractivity contribution is 0.587. The largest absolute Gasteiger partial charge is 0.270 e. The summed E-state index contributed by atoms with van der Waals surface area (Å²) in [5, 5.41) is 10.1. The van der Waals surface area contributed by atoms with Crippen molar-refractivity contribution in [3.63, 3.8) is 0 Å². The molecule has 0 fully saturated rings. The highest BCUT2D eigenvalue weighted by atomic mass is 35.5. The molecule has 0 aliphatic carbocycles. The Bertz CT molecular complexity index is 1060. The van der Waals surface area contributed by atoms with Crippen molar-refractivity contribution < 1.29 is 8.42 Å². The Balaban J connectivity index is 1.90. The minimum absolute atomic E-state index is 0.382. The standard InChI is InChI=1S/C18H20ClN5O2S2/c1-13-15(19)5-3-6-16(13)24-17(14-7-10-20-11-8-14)22-23-18(24)27-12-4-9-21-28(2,25)26/h3,5-8,10-11,21H,4,9,12H2,1-2H3. The molecule has 0 atom stereocenters. The Morgan fingerprint density at radius 1 is 1.18 bits per heavy atom. The number of sulfonamides is 1. The van der Waals surface area contributed by atoms with Crippen molar-refractivity contribution in [1.82, 2.24) is 24.5 Å². The second-order valence-electron chi connectivity index (χ2n) is 6.13. The molecule has 1 aromatic carbocycles. The van der Waals surface area contributed by atoms with Gasteiger partial charge in [0.05, 0.1) is 11.9 Å². The Morgan fingerprint density at radius 2 is 1.93 bits per heavy atom. The van der Waals surface area contributed by atoms with Gasteiger partial charge in [-0.2, -0.15) is 0 Å². The molecule has 0 radical (unpaired) electrons. The zero-order valence-electron chi connectivity index (χ0n) is 15.5. The first-order chi connectivity index (χ1) is 13.4. The van der Waals surface area contributed by atoms with E-state index in [2.05, 4.69) is 19.9 Å². The van der Waals surface area contributed by atoms with Crippen molar-refractivity contribution in [2.75, 3.05) is 18.6 Å². The minimum Gasteiger partial charge on any atom is -0.270 e. The molecular weight excluding hydrogens is 418 g/mol. The minimum atomic E-state index is -3.18. The van der Waals surface area contributed by atoms with Crippen LogP contribution in [-0.2, 0) is 10.0 Å². The zero-order chi connectivity index (χ0) is 20.1. The molecule has 0 saturated heterocycles. The number of thioether (sulfide) groups is 1. The van der Waals surface area contributed by atoms with Crippen LogP contribution >= 0.6 is 23.4 Å². The van der Waals surface area contributed by atoms with Gasteiger partial charge in [-0.25, -0.2) is 13.1 Å². The summed E-state index contributed by atoms with van der Waals surface area (Å²) in [5.41, 5.74) is 2.73. The average Bonchev–Trinajstić information content (AvgIpc) is 3.07. The van der Waals surface area contributed by atoms with Crippen LogP contribution in [0, 0.1) is 6.92 Å². The second kappa shape index (κ2) is 9.04. The molecule has 28 heavy (non-hydrogen) atoms. The third-order valence-corrected chi connectivity index (χ3v) is 6.12. The van der Waals surface area contributed by atoms with Gasteiger partial charge in [0.1, 0.15) is 0 Å². The lowest BCUT2D eigenvalue weighted by atomic mass is 10.2. The van der Waals surface area contributed by atoms with Gasteiger partial charge in [-0.3, -0.25) is 9.55 Å². The van der Waals surface area contributed by atoms with Crippen LogP contribution in [0.1, 0.15) is 12.0 Å². The highest BCUT2D eigenvalue weighted by Gasteiger charge is 2.18. The van der Waals surface area contributed by atoms with E-state index in [0.29, 0.717) is 29.6 Å². The Kier molecular flexibility index (Phi) is 6.71. The maximum Gasteiger partial charge on any atom is 0.208 e. The summed E-state index contributed by atoms with van der Waals surface area (Å²) in [6, 6.07) is 9.48. The van der Waals surface area contributed by atoms with Gasteiger partial charge in [0.2, 0.25) is 10.0 Å². The van der Waals surface area contributed by atoms with E-state index in [9.17, 15) is 8.42 Å². The summed E-state index contributed by atoms with van der Waals surface area (Å²) in [7, 11) is -3.18. The topological polar surface area (TPSA) is 89.8 Å². The van der Waals surface area contributed by atoms with Crippen LogP contribution < -0.4 is 4.72 Å². The van der Waals surface area contributed by atoms with Crippen molar-refractivity contribution in [1.29, 1.82) is 0 Å². The summed E-state index contributed by atoms with van der Waals surface area (Å²) in [6.45, 7) is 2.34. The fraction of sp³-hybridized carbons (Fsp3) is 0.278. The summed E-state index contributed by atoms with van der Waals surface area (Å²) < 4.78 is 26.8. The molecule has 0 saturated carbocycles. The first-order valence-electron chi connectivity index (χ1n) is 8.55. The van der Waals surface area contributed by atoms with E-state index in [4.69, 9.17) is 11.6 Å². The fourth-order valence-corrected chi connectivity index (χ4v) is 4.17. The first-order valence-corrected chi connectivity index (χ1v) is 11.8. The number of hydrogen-bond acceptors (Lipinski definition) is 6. The highest BCUT2D eigenvalue weighted by molar-refractivity contribution is 7.99. The number of pyridine rings is 1. The van der Waals surface area contributed by atoms with Crippen LogP contribution in [0.15, 0.2) is 47.9 Å². The molecule has 2 aromatic heterocycles. The Hall–Kier alpha value is -1.94. The van der Waals surface area contributed by atoms with Gasteiger partial charge in [0.25, 0.3) is 0 Å². The van der Waals surface area contributed by atoms with Crippen molar-refractivity contribution in [2.24, 2.45) is 0 Å². The van der Waals surface area contributed by atoms with Gasteiger partial charge in [0.15, 0.2) is 11.0 Å². The molecule has 10 heteroatoms. The summed E-state index contributed by atoms with van der Waals surface area (Å²) in [6.07, 6.45) is 5.25. The molecule has 148 valence electrons. The van der Waals surface area contributed by atoms with Gasteiger partial charge < -0.3 is 0 Å². The van der Waals surface area contributed by atoms with Crippen molar-refractivity contribution in [3.8, 4) is 17.1 Å². The van der Waals surface area contributed by atoms with Crippen LogP contribution in [0.5, 0.6) is 0 Å². The van der Waals surface area contributed by atoms with Crippen LogP contribution in [-0.4, -0.2) is 46.7 Å². The highest BCUT2D eigenvalue weighted by Crippen LogP contribution is 2.31. The van der Waals surface area contributed by atoms with Gasteiger partial charge in [-0.05, 0) is 43.2 Å². The fourth-order valence-electron chi connectivity index (χ4n) is 2.60. The number of benzene rings is 1. The van der Waals surface area contributed by atoms with E-state index < -0.39 is 10.0 Å². The molecule has 3 aromatic rings. The lowest BCUT2D eigenvalue weighted by Crippen LogP contribution is -2.23. The third kappa shape index (κ3) is 5.11. The molecule has 0 unspecified atom stereocenters. The number of nitrogens with one attached hydrogen (secondary N) is 1. The van der Waals surface area contributed by atoms with Crippen molar-refractivity contribution >= 4 is 33.4 Å². The van der Waals surface area contributed by atoms with E-state index in [0.717, 1.165) is 28.2 Å². The van der Waals surface area contributed by atoms with Crippen LogP contribution in [0.4, 0.5) is 0 Å². The second-order valence-corrected chi connectivity index (χ2v) is 9.43. The molecule has 3 rings (SSSR count). The van der Waals surface area contributed by atoms with E-state index in [-0.39, 0.29) is 0 Å². The van der Waals surface area contributed by atoms with Crippen molar-refractivity contribution in [3.05, 3.63) is 53.3 Å². The monoisotopic (exact) mass is 437 g/mol. The molecule has 0 amide bonds. The molecule has 7 nitrogen and oxygen atoms in total. The molecular formula is C18H20ClN5O2S2. The quantitative estimate of drug-likeness (QED) is 0.429. The predicted molar refractivity (Wildman–Crippen MR) is 113 cm³/mol. The average molecular weight is 438 g/mol. The SMILES string of the molecule is Cc1c(Cl)cccc1-n1c(SCCCNS(C)(=O)=O)nnc1-c1ccncc1. The first kappa shape index (κ1) is 20.8. The number of hydrogen-bond donors (Lipinski definition) is 1. The molecule has 0 spiro atoms. The van der Waals surface area contributed by atoms with Gasteiger partial charge in [0, 0.05) is 35.3 Å². The summed E-state index contributed by atoms with van der Waals surface area (Å²) >= 11 is 7.85. The van der Waals surface area contributed by atoms with E-state index in [1.54, 1.807) is 12.4 Å². The van der Waals surface area contributed by atoms with E-state index in [1.165, 1.54) is 11.8 Å². The Labute approximate surface area is 173 Å². The summed E-state index contributed by atoms with van der Waals surface area (Å²) in [5.74, 6) is 1.39.